The third-order valence-corrected chi connectivity index (χ3v) is 3.94. The number of nitrogens with zero attached hydrogens (tertiary/aromatic N) is 3. The van der Waals surface area contributed by atoms with E-state index in [1.54, 1.807) is 6.33 Å². The zero-order valence-corrected chi connectivity index (χ0v) is 11.3. The first kappa shape index (κ1) is 12.6. The average molecular weight is 278 g/mol. The molecule has 2 unspecified atom stereocenters. The van der Waals surface area contributed by atoms with Gasteiger partial charge in [-0.3, -0.25) is 0 Å². The maximum Gasteiger partial charge on any atom is 0.158 e. The molecule has 2 aromatic rings. The monoisotopic (exact) mass is 277 g/mol. The van der Waals surface area contributed by atoms with Gasteiger partial charge in [0.2, 0.25) is 0 Å². The molecule has 2 atom stereocenters. The zero-order chi connectivity index (χ0) is 13.2. The molecule has 0 bridgehead atoms. The van der Waals surface area contributed by atoms with E-state index in [0.29, 0.717) is 5.02 Å². The maximum atomic E-state index is 10.1. The summed E-state index contributed by atoms with van der Waals surface area (Å²) in [6.07, 6.45) is 5.21. The molecule has 0 saturated heterocycles. The van der Waals surface area contributed by atoms with Crippen LogP contribution in [0.5, 0.6) is 0 Å². The van der Waals surface area contributed by atoms with Crippen LogP contribution in [-0.2, 0) is 0 Å². The molecule has 5 heteroatoms. The second-order valence-corrected chi connectivity index (χ2v) is 5.39. The highest BCUT2D eigenvalue weighted by Gasteiger charge is 2.27. The molecular weight excluding hydrogens is 262 g/mol. The summed E-state index contributed by atoms with van der Waals surface area (Å²) >= 11 is 5.90. The lowest BCUT2D eigenvalue weighted by Gasteiger charge is -2.28. The molecule has 0 amide bonds. The van der Waals surface area contributed by atoms with E-state index in [1.807, 2.05) is 28.9 Å². The van der Waals surface area contributed by atoms with Gasteiger partial charge in [0.25, 0.3) is 0 Å². The molecule has 1 aliphatic rings. The van der Waals surface area contributed by atoms with E-state index in [-0.39, 0.29) is 12.1 Å². The van der Waals surface area contributed by atoms with Gasteiger partial charge in [0.05, 0.1) is 12.1 Å². The lowest BCUT2D eigenvalue weighted by Crippen LogP contribution is -2.28. The Bertz CT molecular complexity index is 552. The van der Waals surface area contributed by atoms with Crippen molar-refractivity contribution in [3.8, 4) is 11.4 Å². The summed E-state index contributed by atoms with van der Waals surface area (Å²) in [6, 6.07) is 7.57. The summed E-state index contributed by atoms with van der Waals surface area (Å²) in [5, 5.41) is 15.1. The predicted octanol–water partition coefficient (Wildman–Crippen LogP) is 3.07. The van der Waals surface area contributed by atoms with E-state index in [9.17, 15) is 5.11 Å². The first-order chi connectivity index (χ1) is 9.25. The Labute approximate surface area is 117 Å². The number of hydrogen-bond donors (Lipinski definition) is 1. The molecular formula is C14H16ClN3O. The fourth-order valence-corrected chi connectivity index (χ4v) is 2.80. The SMILES string of the molecule is OC1CCCCC1n1ncnc1-c1ccc(Cl)cc1. The second-order valence-electron chi connectivity index (χ2n) is 4.95. The van der Waals surface area contributed by atoms with Crippen LogP contribution in [0.1, 0.15) is 31.7 Å². The molecule has 19 heavy (non-hydrogen) atoms. The number of benzene rings is 1. The summed E-state index contributed by atoms with van der Waals surface area (Å²) in [5.41, 5.74) is 0.972. The van der Waals surface area contributed by atoms with Crippen molar-refractivity contribution in [3.63, 3.8) is 0 Å². The normalized spacial score (nSPS) is 23.5. The number of rotatable bonds is 2. The molecule has 1 saturated carbocycles. The lowest BCUT2D eigenvalue weighted by molar-refractivity contribution is 0.0702. The summed E-state index contributed by atoms with van der Waals surface area (Å²) in [4.78, 5) is 4.32. The van der Waals surface area contributed by atoms with Gasteiger partial charge in [-0.15, -0.1) is 0 Å². The van der Waals surface area contributed by atoms with Gasteiger partial charge in [-0.05, 0) is 37.1 Å². The van der Waals surface area contributed by atoms with Crippen LogP contribution in [0.15, 0.2) is 30.6 Å². The Morgan fingerprint density at radius 1 is 1.16 bits per heavy atom. The van der Waals surface area contributed by atoms with Gasteiger partial charge in [-0.1, -0.05) is 24.4 Å². The Morgan fingerprint density at radius 3 is 2.63 bits per heavy atom. The Morgan fingerprint density at radius 2 is 1.89 bits per heavy atom. The molecule has 4 nitrogen and oxygen atoms in total. The number of aromatic nitrogens is 3. The molecule has 1 fully saturated rings. The molecule has 0 spiro atoms. The zero-order valence-electron chi connectivity index (χ0n) is 10.5. The van der Waals surface area contributed by atoms with Gasteiger partial charge in [0.1, 0.15) is 6.33 Å². The van der Waals surface area contributed by atoms with E-state index in [2.05, 4.69) is 10.1 Å². The first-order valence-corrected chi connectivity index (χ1v) is 6.97. The van der Waals surface area contributed by atoms with Crippen molar-refractivity contribution in [1.29, 1.82) is 0 Å². The highest BCUT2D eigenvalue weighted by atomic mass is 35.5. The van der Waals surface area contributed by atoms with Gasteiger partial charge < -0.3 is 5.11 Å². The fourth-order valence-electron chi connectivity index (χ4n) is 2.68. The molecule has 100 valence electrons. The van der Waals surface area contributed by atoms with E-state index in [4.69, 9.17) is 11.6 Å². The van der Waals surface area contributed by atoms with Crippen LogP contribution in [-0.4, -0.2) is 26.0 Å². The number of aliphatic hydroxyl groups is 1. The summed E-state index contributed by atoms with van der Waals surface area (Å²) in [7, 11) is 0. The lowest BCUT2D eigenvalue weighted by atomic mass is 9.92. The van der Waals surface area contributed by atoms with E-state index >= 15 is 0 Å². The van der Waals surface area contributed by atoms with Crippen LogP contribution in [0.2, 0.25) is 5.02 Å². The molecule has 1 aromatic heterocycles. The van der Waals surface area contributed by atoms with Crippen molar-refractivity contribution in [2.24, 2.45) is 0 Å². The Kier molecular flexibility index (Phi) is 3.53. The Balaban J connectivity index is 1.95. The third-order valence-electron chi connectivity index (χ3n) is 3.68. The van der Waals surface area contributed by atoms with Crippen LogP contribution in [0.3, 0.4) is 0 Å². The van der Waals surface area contributed by atoms with Crippen LogP contribution in [0, 0.1) is 0 Å². The topological polar surface area (TPSA) is 50.9 Å². The van der Waals surface area contributed by atoms with Crippen molar-refractivity contribution in [2.75, 3.05) is 0 Å². The number of aliphatic hydroxyl groups excluding tert-OH is 1. The molecule has 1 aliphatic carbocycles. The predicted molar refractivity (Wildman–Crippen MR) is 74.0 cm³/mol. The highest BCUT2D eigenvalue weighted by molar-refractivity contribution is 6.30. The van der Waals surface area contributed by atoms with Gasteiger partial charge in [-0.25, -0.2) is 9.67 Å². The minimum Gasteiger partial charge on any atom is -0.391 e. The van der Waals surface area contributed by atoms with Crippen LogP contribution in [0.4, 0.5) is 0 Å². The fraction of sp³-hybridized carbons (Fsp3) is 0.429. The number of halogens is 1. The van der Waals surface area contributed by atoms with Gasteiger partial charge in [0, 0.05) is 10.6 Å². The van der Waals surface area contributed by atoms with Crippen molar-refractivity contribution in [3.05, 3.63) is 35.6 Å². The Hall–Kier alpha value is -1.39. The summed E-state index contributed by atoms with van der Waals surface area (Å²) in [6.45, 7) is 0. The first-order valence-electron chi connectivity index (χ1n) is 6.59. The quantitative estimate of drug-likeness (QED) is 0.918. The molecule has 1 N–H and O–H groups in total. The summed E-state index contributed by atoms with van der Waals surface area (Å²) in [5.74, 6) is 0.794. The molecule has 3 rings (SSSR count). The van der Waals surface area contributed by atoms with Crippen molar-refractivity contribution >= 4 is 11.6 Å². The minimum absolute atomic E-state index is 0.0296. The number of hydrogen-bond acceptors (Lipinski definition) is 3. The van der Waals surface area contributed by atoms with Crippen molar-refractivity contribution < 1.29 is 5.11 Å². The second kappa shape index (κ2) is 5.31. The molecule has 0 radical (unpaired) electrons. The van der Waals surface area contributed by atoms with Crippen molar-refractivity contribution in [1.82, 2.24) is 14.8 Å². The highest BCUT2D eigenvalue weighted by Crippen LogP contribution is 2.31. The average Bonchev–Trinajstić information content (AvgIpc) is 2.89. The molecule has 1 heterocycles. The maximum absolute atomic E-state index is 10.1. The van der Waals surface area contributed by atoms with Crippen LogP contribution < -0.4 is 0 Å². The van der Waals surface area contributed by atoms with Gasteiger partial charge in [-0.2, -0.15) is 5.10 Å². The van der Waals surface area contributed by atoms with Crippen LogP contribution >= 0.6 is 11.6 Å². The van der Waals surface area contributed by atoms with E-state index in [0.717, 1.165) is 37.1 Å². The molecule has 1 aromatic carbocycles. The molecule has 0 aliphatic heterocycles. The summed E-state index contributed by atoms with van der Waals surface area (Å²) < 4.78 is 1.85. The van der Waals surface area contributed by atoms with E-state index < -0.39 is 0 Å². The largest absolute Gasteiger partial charge is 0.391 e. The van der Waals surface area contributed by atoms with E-state index in [1.165, 1.54) is 0 Å². The third kappa shape index (κ3) is 2.51. The standard InChI is InChI=1S/C14H16ClN3O/c15-11-7-5-10(6-8-11)14-16-9-17-18(14)12-3-1-2-4-13(12)19/h5-9,12-13,19H,1-4H2. The van der Waals surface area contributed by atoms with Crippen LogP contribution in [0.25, 0.3) is 11.4 Å². The smallest absolute Gasteiger partial charge is 0.158 e. The minimum atomic E-state index is -0.332. The van der Waals surface area contributed by atoms with Crippen molar-refractivity contribution in [2.45, 2.75) is 37.8 Å². The van der Waals surface area contributed by atoms with Gasteiger partial charge >= 0.3 is 0 Å². The van der Waals surface area contributed by atoms with Gasteiger partial charge in [0.15, 0.2) is 5.82 Å².